The van der Waals surface area contributed by atoms with Crippen LogP contribution >= 0.6 is 23.2 Å². The summed E-state index contributed by atoms with van der Waals surface area (Å²) in [4.78, 5) is 0. The average molecular weight is 331 g/mol. The summed E-state index contributed by atoms with van der Waals surface area (Å²) >= 11 is 11.9. The quantitative estimate of drug-likeness (QED) is 0.647. The minimum atomic E-state index is -0.647. The van der Waals surface area contributed by atoms with E-state index < -0.39 is 17.7 Å². The van der Waals surface area contributed by atoms with E-state index in [-0.39, 0.29) is 0 Å². The predicted octanol–water partition coefficient (Wildman–Crippen LogP) is 4.33. The van der Waals surface area contributed by atoms with Crippen LogP contribution in [0.4, 0.5) is 8.78 Å². The van der Waals surface area contributed by atoms with E-state index in [4.69, 9.17) is 29.0 Å². The Bertz CT molecular complexity index is 662. The summed E-state index contributed by atoms with van der Waals surface area (Å²) in [5, 5.41) is 0.992. The fourth-order valence-corrected chi connectivity index (χ4v) is 2.60. The molecular weight excluding hydrogens is 317 g/mol. The lowest BCUT2D eigenvalue weighted by Gasteiger charge is -2.19. The van der Waals surface area contributed by atoms with E-state index in [1.165, 1.54) is 6.07 Å². The van der Waals surface area contributed by atoms with Gasteiger partial charge in [0.05, 0.1) is 6.04 Å². The Morgan fingerprint density at radius 3 is 2.48 bits per heavy atom. The van der Waals surface area contributed by atoms with Crippen molar-refractivity contribution in [3.8, 4) is 0 Å². The van der Waals surface area contributed by atoms with E-state index in [1.54, 1.807) is 25.1 Å². The third kappa shape index (κ3) is 3.71. The molecule has 0 saturated carbocycles. The van der Waals surface area contributed by atoms with Gasteiger partial charge < -0.3 is 0 Å². The fraction of sp³-hybridized carbons (Fsp3) is 0.200. The van der Waals surface area contributed by atoms with E-state index >= 15 is 0 Å². The summed E-state index contributed by atoms with van der Waals surface area (Å²) in [6, 6.07) is 6.84. The van der Waals surface area contributed by atoms with E-state index in [1.807, 2.05) is 0 Å². The van der Waals surface area contributed by atoms with Crippen LogP contribution in [0.2, 0.25) is 10.0 Å². The van der Waals surface area contributed by atoms with Gasteiger partial charge >= 0.3 is 0 Å². The largest absolute Gasteiger partial charge is 0.271 e. The highest BCUT2D eigenvalue weighted by molar-refractivity contribution is 6.35. The van der Waals surface area contributed by atoms with Crippen molar-refractivity contribution in [3.63, 3.8) is 0 Å². The number of benzene rings is 2. The average Bonchev–Trinajstić information content (AvgIpc) is 2.43. The first kappa shape index (κ1) is 16.2. The second kappa shape index (κ2) is 6.71. The van der Waals surface area contributed by atoms with Gasteiger partial charge in [0, 0.05) is 21.7 Å². The van der Waals surface area contributed by atoms with Gasteiger partial charge in [0.15, 0.2) is 0 Å². The van der Waals surface area contributed by atoms with Gasteiger partial charge in [-0.1, -0.05) is 29.3 Å². The molecule has 0 aliphatic carbocycles. The lowest BCUT2D eigenvalue weighted by atomic mass is 9.97. The first-order chi connectivity index (χ1) is 9.92. The van der Waals surface area contributed by atoms with Crippen LogP contribution in [-0.2, 0) is 6.42 Å². The Morgan fingerprint density at radius 2 is 1.86 bits per heavy atom. The third-order valence-electron chi connectivity index (χ3n) is 3.29. The molecule has 0 radical (unpaired) electrons. The van der Waals surface area contributed by atoms with E-state index in [2.05, 4.69) is 5.43 Å². The van der Waals surface area contributed by atoms with Crippen molar-refractivity contribution in [3.05, 3.63) is 68.7 Å². The zero-order valence-electron chi connectivity index (χ0n) is 11.3. The van der Waals surface area contributed by atoms with Gasteiger partial charge in [0.25, 0.3) is 0 Å². The Labute approximate surface area is 131 Å². The zero-order valence-corrected chi connectivity index (χ0v) is 12.8. The highest BCUT2D eigenvalue weighted by atomic mass is 35.5. The minimum Gasteiger partial charge on any atom is -0.271 e. The molecule has 6 heteroatoms. The Kier molecular flexibility index (Phi) is 5.17. The number of rotatable bonds is 4. The summed E-state index contributed by atoms with van der Waals surface area (Å²) in [6.07, 6.45) is 0.356. The summed E-state index contributed by atoms with van der Waals surface area (Å²) in [6.45, 7) is 1.57. The van der Waals surface area contributed by atoms with Crippen LogP contribution < -0.4 is 11.3 Å². The molecule has 0 fully saturated rings. The standard InChI is InChI=1S/C15H14Cl2F2N2/c1-8-4-11(14(19)7-13(8)18)15(21-20)5-9-2-3-10(16)6-12(9)17/h2-4,6-7,15,21H,5,20H2,1H3. The number of nitrogens with two attached hydrogens (primary N) is 1. The van der Waals surface area contributed by atoms with Crippen LogP contribution in [0.1, 0.15) is 22.7 Å². The fourth-order valence-electron chi connectivity index (χ4n) is 2.11. The van der Waals surface area contributed by atoms with Crippen molar-refractivity contribution in [2.24, 2.45) is 5.84 Å². The van der Waals surface area contributed by atoms with Crippen LogP contribution in [0, 0.1) is 18.6 Å². The SMILES string of the molecule is Cc1cc(C(Cc2ccc(Cl)cc2Cl)NN)c(F)cc1F. The molecule has 3 N–H and O–H groups in total. The Balaban J connectivity index is 2.34. The van der Waals surface area contributed by atoms with Crippen molar-refractivity contribution in [1.29, 1.82) is 0 Å². The van der Waals surface area contributed by atoms with Gasteiger partial charge in [-0.05, 0) is 42.7 Å². The molecule has 0 heterocycles. The monoisotopic (exact) mass is 330 g/mol. The molecule has 21 heavy (non-hydrogen) atoms. The first-order valence-electron chi connectivity index (χ1n) is 6.28. The molecule has 0 amide bonds. The molecule has 0 aliphatic heterocycles. The highest BCUT2D eigenvalue weighted by Gasteiger charge is 2.18. The van der Waals surface area contributed by atoms with Crippen molar-refractivity contribution >= 4 is 23.2 Å². The minimum absolute atomic E-state index is 0.294. The smallest absolute Gasteiger partial charge is 0.130 e. The molecule has 2 nitrogen and oxygen atoms in total. The second-order valence-electron chi connectivity index (χ2n) is 4.78. The maximum absolute atomic E-state index is 13.9. The molecule has 0 aliphatic rings. The van der Waals surface area contributed by atoms with Gasteiger partial charge in [-0.15, -0.1) is 0 Å². The van der Waals surface area contributed by atoms with Crippen molar-refractivity contribution < 1.29 is 8.78 Å². The topological polar surface area (TPSA) is 38.0 Å². The summed E-state index contributed by atoms with van der Waals surface area (Å²) in [5.41, 5.74) is 3.96. The maximum Gasteiger partial charge on any atom is 0.130 e. The number of hydrogen-bond donors (Lipinski definition) is 2. The number of hydrazine groups is 1. The molecule has 2 aromatic carbocycles. The van der Waals surface area contributed by atoms with Crippen LogP contribution in [0.3, 0.4) is 0 Å². The van der Waals surface area contributed by atoms with Crippen LogP contribution in [0.25, 0.3) is 0 Å². The predicted molar refractivity (Wildman–Crippen MR) is 81.3 cm³/mol. The van der Waals surface area contributed by atoms with Gasteiger partial charge in [0.2, 0.25) is 0 Å². The van der Waals surface area contributed by atoms with Crippen molar-refractivity contribution in [2.75, 3.05) is 0 Å². The Morgan fingerprint density at radius 1 is 1.14 bits per heavy atom. The summed E-state index contributed by atoms with van der Waals surface area (Å²) in [5.74, 6) is 4.28. The molecule has 1 atom stereocenters. The van der Waals surface area contributed by atoms with Crippen LogP contribution in [-0.4, -0.2) is 0 Å². The van der Waals surface area contributed by atoms with E-state index in [0.29, 0.717) is 27.6 Å². The van der Waals surface area contributed by atoms with Crippen molar-refractivity contribution in [1.82, 2.24) is 5.43 Å². The van der Waals surface area contributed by atoms with Gasteiger partial charge in [-0.2, -0.15) is 0 Å². The lowest BCUT2D eigenvalue weighted by molar-refractivity contribution is 0.500. The lowest BCUT2D eigenvalue weighted by Crippen LogP contribution is -2.30. The van der Waals surface area contributed by atoms with E-state index in [9.17, 15) is 8.78 Å². The number of halogens is 4. The Hall–Kier alpha value is -1.20. The number of nitrogens with one attached hydrogen (secondary N) is 1. The van der Waals surface area contributed by atoms with Gasteiger partial charge in [0.1, 0.15) is 11.6 Å². The molecular formula is C15H14Cl2F2N2. The molecule has 0 aromatic heterocycles. The molecule has 2 rings (SSSR count). The zero-order chi connectivity index (χ0) is 15.6. The summed E-state index contributed by atoms with van der Waals surface area (Å²) < 4.78 is 27.3. The molecule has 1 unspecified atom stereocenters. The molecule has 112 valence electrons. The first-order valence-corrected chi connectivity index (χ1v) is 7.03. The number of aryl methyl sites for hydroxylation is 1. The second-order valence-corrected chi connectivity index (χ2v) is 5.63. The van der Waals surface area contributed by atoms with Crippen LogP contribution in [0.15, 0.2) is 30.3 Å². The summed E-state index contributed by atoms with van der Waals surface area (Å²) in [7, 11) is 0. The maximum atomic E-state index is 13.9. The molecule has 0 bridgehead atoms. The van der Waals surface area contributed by atoms with Gasteiger partial charge in [-0.25, -0.2) is 8.78 Å². The third-order valence-corrected chi connectivity index (χ3v) is 3.88. The number of hydrogen-bond acceptors (Lipinski definition) is 2. The van der Waals surface area contributed by atoms with Crippen LogP contribution in [0.5, 0.6) is 0 Å². The molecule has 2 aromatic rings. The highest BCUT2D eigenvalue weighted by Crippen LogP contribution is 2.28. The molecule has 0 saturated heterocycles. The van der Waals surface area contributed by atoms with E-state index in [0.717, 1.165) is 11.6 Å². The normalized spacial score (nSPS) is 12.5. The van der Waals surface area contributed by atoms with Crippen molar-refractivity contribution in [2.45, 2.75) is 19.4 Å². The molecule has 0 spiro atoms. The van der Waals surface area contributed by atoms with Gasteiger partial charge in [-0.3, -0.25) is 11.3 Å².